The van der Waals surface area contributed by atoms with Gasteiger partial charge in [0.2, 0.25) is 0 Å². The van der Waals surface area contributed by atoms with Gasteiger partial charge >= 0.3 is 0 Å². The standard InChI is InChI=1S/C24H37N3O/c1-25-11-5-7-21-22(24(21)25)18-27-15-10-19-17-20(8-9-23(19)27)28-16-6-14-26-12-3-2-4-13-26/h8-9,17,21-22,24H,2-7,10-16,18H2,1H3. The summed E-state index contributed by atoms with van der Waals surface area (Å²) in [6.07, 6.45) is 9.33. The zero-order valence-electron chi connectivity index (χ0n) is 17.6. The van der Waals surface area contributed by atoms with Gasteiger partial charge < -0.3 is 19.4 Å². The highest BCUT2D eigenvalue weighted by Gasteiger charge is 2.54. The minimum absolute atomic E-state index is 0.844. The smallest absolute Gasteiger partial charge is 0.119 e. The van der Waals surface area contributed by atoms with Crippen LogP contribution in [0.3, 0.4) is 0 Å². The van der Waals surface area contributed by atoms with Crippen molar-refractivity contribution in [2.75, 3.05) is 57.8 Å². The molecule has 28 heavy (non-hydrogen) atoms. The van der Waals surface area contributed by atoms with Gasteiger partial charge in [-0.05, 0) is 101 Å². The third kappa shape index (κ3) is 3.91. The van der Waals surface area contributed by atoms with Gasteiger partial charge in [0.1, 0.15) is 5.75 Å². The van der Waals surface area contributed by atoms with Crippen molar-refractivity contribution < 1.29 is 4.74 Å². The first-order chi connectivity index (χ1) is 13.8. The van der Waals surface area contributed by atoms with Crippen LogP contribution in [0.15, 0.2) is 18.2 Å². The molecule has 3 aliphatic heterocycles. The molecule has 0 bridgehead atoms. The van der Waals surface area contributed by atoms with Crippen LogP contribution in [0, 0.1) is 11.8 Å². The van der Waals surface area contributed by atoms with E-state index >= 15 is 0 Å². The fraction of sp³-hybridized carbons (Fsp3) is 0.750. The average molecular weight is 384 g/mol. The Hall–Kier alpha value is -1.26. The topological polar surface area (TPSA) is 19.0 Å². The Kier molecular flexibility index (Phi) is 5.51. The van der Waals surface area contributed by atoms with Gasteiger partial charge in [0.15, 0.2) is 0 Å². The maximum absolute atomic E-state index is 6.09. The summed E-state index contributed by atoms with van der Waals surface area (Å²) >= 11 is 0. The van der Waals surface area contributed by atoms with Gasteiger partial charge in [0.25, 0.3) is 0 Å². The first-order valence-electron chi connectivity index (χ1n) is 11.7. The largest absolute Gasteiger partial charge is 0.494 e. The lowest BCUT2D eigenvalue weighted by molar-refractivity contribution is 0.205. The molecule has 1 aliphatic carbocycles. The molecule has 3 unspecified atom stereocenters. The molecule has 1 aromatic rings. The normalized spacial score (nSPS) is 30.2. The number of ether oxygens (including phenoxy) is 1. The summed E-state index contributed by atoms with van der Waals surface area (Å²) < 4.78 is 6.09. The Bertz CT molecular complexity index is 672. The van der Waals surface area contributed by atoms with Crippen molar-refractivity contribution in [2.45, 2.75) is 51.0 Å². The van der Waals surface area contributed by atoms with Crippen LogP contribution in [0.2, 0.25) is 0 Å². The molecule has 3 fully saturated rings. The zero-order chi connectivity index (χ0) is 18.9. The third-order valence-electron chi connectivity index (χ3n) is 7.65. The lowest BCUT2D eigenvalue weighted by Gasteiger charge is -2.26. The minimum atomic E-state index is 0.844. The molecule has 4 nitrogen and oxygen atoms in total. The summed E-state index contributed by atoms with van der Waals surface area (Å²) in [5, 5.41) is 0. The number of nitrogens with zero attached hydrogens (tertiary/aromatic N) is 3. The van der Waals surface area contributed by atoms with Gasteiger partial charge in [0.05, 0.1) is 6.61 Å². The van der Waals surface area contributed by atoms with E-state index in [0.29, 0.717) is 0 Å². The van der Waals surface area contributed by atoms with Crippen LogP contribution in [-0.4, -0.2) is 68.8 Å². The van der Waals surface area contributed by atoms with E-state index in [1.54, 1.807) is 0 Å². The number of benzene rings is 1. The fourth-order valence-electron chi connectivity index (χ4n) is 6.07. The summed E-state index contributed by atoms with van der Waals surface area (Å²) in [5.41, 5.74) is 2.96. The molecule has 0 spiro atoms. The monoisotopic (exact) mass is 383 g/mol. The van der Waals surface area contributed by atoms with Crippen molar-refractivity contribution in [1.82, 2.24) is 9.80 Å². The quantitative estimate of drug-likeness (QED) is 0.669. The Morgan fingerprint density at radius 1 is 1.04 bits per heavy atom. The maximum atomic E-state index is 6.09. The van der Waals surface area contributed by atoms with Gasteiger partial charge in [-0.15, -0.1) is 0 Å². The number of fused-ring (bicyclic) bond motifs is 2. The van der Waals surface area contributed by atoms with Crippen molar-refractivity contribution in [3.05, 3.63) is 23.8 Å². The molecule has 4 aliphatic rings. The predicted octanol–water partition coefficient (Wildman–Crippen LogP) is 3.64. The molecule has 154 valence electrons. The third-order valence-corrected chi connectivity index (χ3v) is 7.65. The fourth-order valence-corrected chi connectivity index (χ4v) is 6.07. The molecule has 1 saturated carbocycles. The summed E-state index contributed by atoms with van der Waals surface area (Å²) in [5.74, 6) is 2.92. The van der Waals surface area contributed by atoms with Crippen molar-refractivity contribution in [3.8, 4) is 5.75 Å². The lowest BCUT2D eigenvalue weighted by atomic mass is 10.1. The van der Waals surface area contributed by atoms with E-state index in [4.69, 9.17) is 4.74 Å². The van der Waals surface area contributed by atoms with E-state index < -0.39 is 0 Å². The highest BCUT2D eigenvalue weighted by molar-refractivity contribution is 5.60. The Labute approximate surface area is 170 Å². The summed E-state index contributed by atoms with van der Waals surface area (Å²) in [6, 6.07) is 7.69. The summed E-state index contributed by atoms with van der Waals surface area (Å²) in [6.45, 7) is 8.34. The second kappa shape index (κ2) is 8.23. The molecule has 0 radical (unpaired) electrons. The molecule has 0 amide bonds. The van der Waals surface area contributed by atoms with Crippen LogP contribution in [-0.2, 0) is 6.42 Å². The van der Waals surface area contributed by atoms with E-state index in [1.165, 1.54) is 89.0 Å². The molecular formula is C24H37N3O. The number of rotatable bonds is 7. The van der Waals surface area contributed by atoms with Gasteiger partial charge in [-0.2, -0.15) is 0 Å². The lowest BCUT2D eigenvalue weighted by Crippen LogP contribution is -2.31. The van der Waals surface area contributed by atoms with Crippen LogP contribution < -0.4 is 9.64 Å². The highest BCUT2D eigenvalue weighted by Crippen LogP contribution is 2.50. The van der Waals surface area contributed by atoms with Crippen LogP contribution in [0.4, 0.5) is 5.69 Å². The van der Waals surface area contributed by atoms with Crippen LogP contribution in [0.5, 0.6) is 5.75 Å². The van der Waals surface area contributed by atoms with E-state index in [9.17, 15) is 0 Å². The molecule has 3 heterocycles. The maximum Gasteiger partial charge on any atom is 0.119 e. The average Bonchev–Trinajstić information content (AvgIpc) is 3.29. The number of hydrogen-bond acceptors (Lipinski definition) is 4. The van der Waals surface area contributed by atoms with Gasteiger partial charge in [-0.3, -0.25) is 0 Å². The SMILES string of the molecule is CN1CCCC2C(CN3CCc4cc(OCCCN5CCCCC5)ccc43)C21. The molecule has 5 rings (SSSR count). The van der Waals surface area contributed by atoms with Crippen LogP contribution >= 0.6 is 0 Å². The summed E-state index contributed by atoms with van der Waals surface area (Å²) in [4.78, 5) is 7.85. The number of anilines is 1. The molecule has 0 aromatic heterocycles. The van der Waals surface area contributed by atoms with E-state index in [0.717, 1.165) is 36.7 Å². The Morgan fingerprint density at radius 2 is 1.93 bits per heavy atom. The molecule has 4 heteroatoms. The molecule has 3 atom stereocenters. The zero-order valence-corrected chi connectivity index (χ0v) is 17.6. The molecule has 1 aromatic carbocycles. The number of likely N-dealkylation sites (tertiary alicyclic amines) is 2. The van der Waals surface area contributed by atoms with Crippen LogP contribution in [0.1, 0.15) is 44.1 Å². The highest BCUT2D eigenvalue weighted by atomic mass is 16.5. The number of hydrogen-bond donors (Lipinski definition) is 0. The summed E-state index contributed by atoms with van der Waals surface area (Å²) in [7, 11) is 2.32. The van der Waals surface area contributed by atoms with Gasteiger partial charge in [-0.25, -0.2) is 0 Å². The van der Waals surface area contributed by atoms with Gasteiger partial charge in [-0.1, -0.05) is 6.42 Å². The van der Waals surface area contributed by atoms with E-state index in [2.05, 4.69) is 39.9 Å². The van der Waals surface area contributed by atoms with E-state index in [-0.39, 0.29) is 0 Å². The first kappa shape index (κ1) is 18.7. The van der Waals surface area contributed by atoms with Crippen LogP contribution in [0.25, 0.3) is 0 Å². The number of piperidine rings is 2. The van der Waals surface area contributed by atoms with Crippen molar-refractivity contribution >= 4 is 5.69 Å². The van der Waals surface area contributed by atoms with E-state index in [1.807, 2.05) is 0 Å². The molecule has 2 saturated heterocycles. The van der Waals surface area contributed by atoms with Gasteiger partial charge in [0, 0.05) is 31.4 Å². The first-order valence-corrected chi connectivity index (χ1v) is 11.7. The van der Waals surface area contributed by atoms with Crippen molar-refractivity contribution in [2.24, 2.45) is 11.8 Å². The Balaban J connectivity index is 1.10. The predicted molar refractivity (Wildman–Crippen MR) is 115 cm³/mol. The second-order valence-corrected chi connectivity index (χ2v) is 9.53. The van der Waals surface area contributed by atoms with Crippen molar-refractivity contribution in [1.29, 1.82) is 0 Å². The Morgan fingerprint density at radius 3 is 2.79 bits per heavy atom. The van der Waals surface area contributed by atoms with Crippen molar-refractivity contribution in [3.63, 3.8) is 0 Å². The second-order valence-electron chi connectivity index (χ2n) is 9.53. The molecular weight excluding hydrogens is 346 g/mol. The minimum Gasteiger partial charge on any atom is -0.494 e. The molecule has 0 N–H and O–H groups in total.